The van der Waals surface area contributed by atoms with Crippen LogP contribution in [0.3, 0.4) is 0 Å². The first kappa shape index (κ1) is 16.5. The fourth-order valence-corrected chi connectivity index (χ4v) is 4.15. The smallest absolute Gasteiger partial charge is 0.275 e. The Morgan fingerprint density at radius 3 is 2.91 bits per heavy atom. The largest absolute Gasteiger partial charge is 0.389 e. The summed E-state index contributed by atoms with van der Waals surface area (Å²) >= 11 is 1.77. The molecule has 0 saturated carbocycles. The second kappa shape index (κ2) is 7.04. The first-order valence-electron chi connectivity index (χ1n) is 7.88. The molecule has 3 rings (SSSR count). The van der Waals surface area contributed by atoms with E-state index in [4.69, 9.17) is 0 Å². The highest BCUT2D eigenvalue weighted by molar-refractivity contribution is 7.99. The number of unbranched alkanes of at least 4 members (excludes halogenated alkanes) is 1. The van der Waals surface area contributed by atoms with Gasteiger partial charge in [-0.1, -0.05) is 13.3 Å². The van der Waals surface area contributed by atoms with Crippen LogP contribution in [0.1, 0.15) is 31.4 Å². The minimum Gasteiger partial charge on any atom is -0.389 e. The van der Waals surface area contributed by atoms with Crippen molar-refractivity contribution in [2.75, 3.05) is 11.5 Å². The lowest BCUT2D eigenvalue weighted by molar-refractivity contribution is 0.0308. The Morgan fingerprint density at radius 1 is 1.30 bits per heavy atom. The average Bonchev–Trinajstić information content (AvgIpc) is 3.09. The molecule has 0 radical (unpaired) electrons. The Balaban J connectivity index is 1.77. The maximum atomic E-state index is 11.8. The van der Waals surface area contributed by atoms with Crippen molar-refractivity contribution < 1.29 is 10.2 Å². The normalized spacial score (nSPS) is 27.8. The molecule has 0 spiro atoms. The van der Waals surface area contributed by atoms with Crippen molar-refractivity contribution >= 4 is 22.8 Å². The standard InChI is InChI=1S/C15H22N4O3S/c1-2-3-4-23-6-9-13(20)14(21)11(19-9)8-5-16-12-10(8)17-7-18-15(12)22/h5,7,9,11,13-14,16,19-21H,2-4,6H2,1H3,(H,17,18,22)/t9-,11+,13-,14+/m1/s1. The van der Waals surface area contributed by atoms with E-state index in [1.54, 1.807) is 18.0 Å². The van der Waals surface area contributed by atoms with Crippen molar-refractivity contribution in [3.8, 4) is 0 Å². The number of rotatable bonds is 6. The van der Waals surface area contributed by atoms with E-state index in [0.717, 1.165) is 24.3 Å². The van der Waals surface area contributed by atoms with Crippen molar-refractivity contribution in [2.24, 2.45) is 0 Å². The molecular weight excluding hydrogens is 316 g/mol. The van der Waals surface area contributed by atoms with E-state index in [2.05, 4.69) is 27.2 Å². The summed E-state index contributed by atoms with van der Waals surface area (Å²) < 4.78 is 0. The summed E-state index contributed by atoms with van der Waals surface area (Å²) in [6.07, 6.45) is 3.56. The Labute approximate surface area is 137 Å². The molecule has 0 amide bonds. The van der Waals surface area contributed by atoms with Gasteiger partial charge in [0.15, 0.2) is 0 Å². The van der Waals surface area contributed by atoms with Gasteiger partial charge < -0.3 is 25.5 Å². The first-order valence-corrected chi connectivity index (χ1v) is 9.03. The molecule has 0 aliphatic carbocycles. The number of aromatic nitrogens is 3. The van der Waals surface area contributed by atoms with Gasteiger partial charge in [0.2, 0.25) is 0 Å². The van der Waals surface area contributed by atoms with Crippen molar-refractivity contribution in [1.29, 1.82) is 0 Å². The fourth-order valence-electron chi connectivity index (χ4n) is 2.95. The Hall–Kier alpha value is -1.35. The van der Waals surface area contributed by atoms with Crippen LogP contribution in [0.5, 0.6) is 0 Å². The van der Waals surface area contributed by atoms with Crippen LogP contribution in [0.2, 0.25) is 0 Å². The molecule has 126 valence electrons. The summed E-state index contributed by atoms with van der Waals surface area (Å²) in [7, 11) is 0. The van der Waals surface area contributed by atoms with E-state index in [0.29, 0.717) is 16.6 Å². The number of aromatic amines is 2. The van der Waals surface area contributed by atoms with E-state index < -0.39 is 18.2 Å². The molecule has 3 heterocycles. The van der Waals surface area contributed by atoms with Gasteiger partial charge in [0.25, 0.3) is 5.56 Å². The first-order chi connectivity index (χ1) is 11.1. The molecule has 1 aliphatic rings. The van der Waals surface area contributed by atoms with Gasteiger partial charge in [0, 0.05) is 23.6 Å². The highest BCUT2D eigenvalue weighted by Gasteiger charge is 2.42. The summed E-state index contributed by atoms with van der Waals surface area (Å²) in [5.74, 6) is 1.79. The molecule has 0 aromatic carbocycles. The van der Waals surface area contributed by atoms with Gasteiger partial charge >= 0.3 is 0 Å². The lowest BCUT2D eigenvalue weighted by atomic mass is 10.0. The van der Waals surface area contributed by atoms with E-state index in [-0.39, 0.29) is 11.6 Å². The van der Waals surface area contributed by atoms with Gasteiger partial charge in [0.05, 0.1) is 18.5 Å². The van der Waals surface area contributed by atoms with Crippen LogP contribution in [-0.4, -0.2) is 54.9 Å². The molecule has 8 heteroatoms. The predicted octanol–water partition coefficient (Wildman–Crippen LogP) is 0.519. The molecule has 0 unspecified atom stereocenters. The van der Waals surface area contributed by atoms with Gasteiger partial charge in [-0.2, -0.15) is 11.8 Å². The third-order valence-electron chi connectivity index (χ3n) is 4.27. The second-order valence-electron chi connectivity index (χ2n) is 5.86. The van der Waals surface area contributed by atoms with Crippen LogP contribution < -0.4 is 10.9 Å². The second-order valence-corrected chi connectivity index (χ2v) is 7.01. The number of thioether (sulfide) groups is 1. The van der Waals surface area contributed by atoms with E-state index in [9.17, 15) is 15.0 Å². The van der Waals surface area contributed by atoms with E-state index in [1.165, 1.54) is 6.33 Å². The molecule has 7 nitrogen and oxygen atoms in total. The summed E-state index contributed by atoms with van der Waals surface area (Å²) in [4.78, 5) is 21.4. The summed E-state index contributed by atoms with van der Waals surface area (Å²) in [6.45, 7) is 2.15. The number of aliphatic hydroxyl groups excluding tert-OH is 2. The Morgan fingerprint density at radius 2 is 2.13 bits per heavy atom. The number of fused-ring (bicyclic) bond motifs is 1. The average molecular weight is 338 g/mol. The fraction of sp³-hybridized carbons (Fsp3) is 0.600. The van der Waals surface area contributed by atoms with Crippen LogP contribution in [0.25, 0.3) is 11.0 Å². The van der Waals surface area contributed by atoms with E-state index in [1.807, 2.05) is 0 Å². The molecule has 5 N–H and O–H groups in total. The van der Waals surface area contributed by atoms with Crippen LogP contribution in [-0.2, 0) is 0 Å². The number of aliphatic hydroxyl groups is 2. The Bertz CT molecular complexity index is 716. The minimum absolute atomic E-state index is 0.177. The van der Waals surface area contributed by atoms with Crippen molar-refractivity contribution in [3.05, 3.63) is 28.4 Å². The molecule has 23 heavy (non-hydrogen) atoms. The zero-order valence-electron chi connectivity index (χ0n) is 13.0. The van der Waals surface area contributed by atoms with Gasteiger partial charge in [-0.15, -0.1) is 0 Å². The number of hydrogen-bond donors (Lipinski definition) is 5. The molecular formula is C15H22N4O3S. The van der Waals surface area contributed by atoms with Crippen LogP contribution in [0, 0.1) is 0 Å². The van der Waals surface area contributed by atoms with Gasteiger partial charge in [-0.05, 0) is 12.2 Å². The number of nitrogens with zero attached hydrogens (tertiary/aromatic N) is 1. The molecule has 1 saturated heterocycles. The molecule has 1 aliphatic heterocycles. The van der Waals surface area contributed by atoms with Gasteiger partial charge in [-0.3, -0.25) is 4.79 Å². The molecule has 2 aromatic rings. The highest BCUT2D eigenvalue weighted by atomic mass is 32.2. The zero-order valence-corrected chi connectivity index (χ0v) is 13.8. The van der Waals surface area contributed by atoms with Crippen molar-refractivity contribution in [2.45, 2.75) is 44.1 Å². The summed E-state index contributed by atoms with van der Waals surface area (Å²) in [6, 6.07) is -0.617. The van der Waals surface area contributed by atoms with Crippen molar-refractivity contribution in [3.63, 3.8) is 0 Å². The number of nitrogens with one attached hydrogen (secondary N) is 3. The van der Waals surface area contributed by atoms with Crippen molar-refractivity contribution in [1.82, 2.24) is 20.3 Å². The third kappa shape index (κ3) is 3.16. The van der Waals surface area contributed by atoms with Crippen LogP contribution in [0.4, 0.5) is 0 Å². The quantitative estimate of drug-likeness (QED) is 0.491. The lowest BCUT2D eigenvalue weighted by Crippen LogP contribution is -2.35. The van der Waals surface area contributed by atoms with Crippen LogP contribution in [0.15, 0.2) is 17.3 Å². The minimum atomic E-state index is -0.924. The molecule has 0 bridgehead atoms. The molecule has 2 aromatic heterocycles. The highest BCUT2D eigenvalue weighted by Crippen LogP contribution is 2.31. The number of hydrogen-bond acceptors (Lipinski definition) is 6. The SMILES string of the molecule is CCCCSC[C@H]1N[C@@H](c2c[nH]c3c(=O)[nH]cnc23)[C@H](O)[C@@H]1O. The van der Waals surface area contributed by atoms with Gasteiger partial charge in [-0.25, -0.2) is 4.98 Å². The van der Waals surface area contributed by atoms with Gasteiger partial charge in [0.1, 0.15) is 17.1 Å². The Kier molecular flexibility index (Phi) is 5.05. The third-order valence-corrected chi connectivity index (χ3v) is 5.44. The number of H-pyrrole nitrogens is 2. The predicted molar refractivity (Wildman–Crippen MR) is 90.6 cm³/mol. The maximum absolute atomic E-state index is 11.8. The summed E-state index contributed by atoms with van der Waals surface area (Å²) in [5.41, 5.74) is 1.36. The molecule has 1 fully saturated rings. The maximum Gasteiger partial charge on any atom is 0.275 e. The lowest BCUT2D eigenvalue weighted by Gasteiger charge is -2.15. The topological polar surface area (TPSA) is 114 Å². The molecule has 4 atom stereocenters. The monoisotopic (exact) mass is 338 g/mol. The van der Waals surface area contributed by atoms with E-state index >= 15 is 0 Å². The zero-order chi connectivity index (χ0) is 16.4. The van der Waals surface area contributed by atoms with Crippen LogP contribution >= 0.6 is 11.8 Å². The summed E-state index contributed by atoms with van der Waals surface area (Å²) in [5, 5.41) is 24.0.